The van der Waals surface area contributed by atoms with Gasteiger partial charge in [0.1, 0.15) is 6.61 Å². The highest BCUT2D eigenvalue weighted by atomic mass is 16.2. The average molecular weight is 257 g/mol. The van der Waals surface area contributed by atoms with Gasteiger partial charge in [0.2, 0.25) is 0 Å². The van der Waals surface area contributed by atoms with Gasteiger partial charge in [0.05, 0.1) is 0 Å². The van der Waals surface area contributed by atoms with E-state index in [9.17, 15) is 0 Å². The molecule has 2 rings (SSSR count). The zero-order valence-electron chi connectivity index (χ0n) is 11.9. The van der Waals surface area contributed by atoms with Gasteiger partial charge < -0.3 is 5.11 Å². The van der Waals surface area contributed by atoms with Crippen molar-refractivity contribution < 1.29 is 5.11 Å². The maximum absolute atomic E-state index is 8.75. The van der Waals surface area contributed by atoms with E-state index in [4.69, 9.17) is 5.11 Å². The van der Waals surface area contributed by atoms with Gasteiger partial charge in [-0.2, -0.15) is 0 Å². The molecule has 1 heterocycles. The zero-order chi connectivity index (χ0) is 13.7. The fourth-order valence-electron chi connectivity index (χ4n) is 2.95. The first-order valence-electron chi connectivity index (χ1n) is 7.19. The number of hydrogen-bond acceptors (Lipinski definition) is 2. The van der Waals surface area contributed by atoms with Crippen LogP contribution in [0.2, 0.25) is 0 Å². The molecule has 0 amide bonds. The van der Waals surface area contributed by atoms with Gasteiger partial charge >= 0.3 is 0 Å². The Bertz CT molecular complexity index is 472. The Morgan fingerprint density at radius 3 is 2.95 bits per heavy atom. The van der Waals surface area contributed by atoms with Crippen molar-refractivity contribution in [2.45, 2.75) is 51.7 Å². The molecule has 2 nitrogen and oxygen atoms in total. The summed E-state index contributed by atoms with van der Waals surface area (Å²) in [4.78, 5) is 2.61. The molecule has 1 aliphatic heterocycles. The maximum Gasteiger partial charge on any atom is 0.104 e. The number of aliphatic hydroxyl groups is 1. The van der Waals surface area contributed by atoms with Crippen LogP contribution in [0.1, 0.15) is 44.2 Å². The molecule has 2 heteroatoms. The molecule has 0 aliphatic carbocycles. The van der Waals surface area contributed by atoms with Crippen LogP contribution in [0, 0.1) is 11.8 Å². The third-order valence-electron chi connectivity index (χ3n) is 4.03. The van der Waals surface area contributed by atoms with Gasteiger partial charge in [-0.1, -0.05) is 30.9 Å². The van der Waals surface area contributed by atoms with E-state index in [1.165, 1.54) is 24.8 Å². The Balaban J connectivity index is 2.10. The second kappa shape index (κ2) is 6.75. The van der Waals surface area contributed by atoms with Crippen LogP contribution < -0.4 is 0 Å². The minimum atomic E-state index is -0.0781. The number of rotatable bonds is 3. The summed E-state index contributed by atoms with van der Waals surface area (Å²) < 4.78 is 0. The standard InChI is InChI=1S/C17H23NO/c1-3-17-10-9-14(2)18(17)13-16-7-4-6-15(12-16)8-5-11-19/h4,6-7,12,14,17,19H,3,9-11,13H2,1-2H3. The van der Waals surface area contributed by atoms with Gasteiger partial charge in [-0.15, -0.1) is 0 Å². The molecule has 0 aromatic heterocycles. The number of likely N-dealkylation sites (tertiary alicyclic amines) is 1. The smallest absolute Gasteiger partial charge is 0.104 e. The van der Waals surface area contributed by atoms with Crippen molar-refractivity contribution in [1.29, 1.82) is 0 Å². The first-order chi connectivity index (χ1) is 9.24. The molecule has 102 valence electrons. The van der Waals surface area contributed by atoms with Gasteiger partial charge in [0.25, 0.3) is 0 Å². The van der Waals surface area contributed by atoms with Crippen molar-refractivity contribution in [2.24, 2.45) is 0 Å². The molecule has 0 bridgehead atoms. The summed E-state index contributed by atoms with van der Waals surface area (Å²) in [6.07, 6.45) is 3.86. The quantitative estimate of drug-likeness (QED) is 0.842. The van der Waals surface area contributed by atoms with Crippen LogP contribution in [0.15, 0.2) is 24.3 Å². The van der Waals surface area contributed by atoms with Crippen LogP contribution in [0.3, 0.4) is 0 Å². The van der Waals surface area contributed by atoms with Gasteiger partial charge in [-0.3, -0.25) is 4.90 Å². The molecule has 1 saturated heterocycles. The van der Waals surface area contributed by atoms with E-state index in [1.54, 1.807) is 0 Å². The predicted octanol–water partition coefficient (Wildman–Crippen LogP) is 2.79. The van der Waals surface area contributed by atoms with E-state index in [2.05, 4.69) is 48.8 Å². The Labute approximate surface area is 116 Å². The normalized spacial score (nSPS) is 23.1. The summed E-state index contributed by atoms with van der Waals surface area (Å²) in [5, 5.41) is 8.75. The average Bonchev–Trinajstić information content (AvgIpc) is 2.78. The van der Waals surface area contributed by atoms with Crippen LogP contribution in [0.5, 0.6) is 0 Å². The molecule has 1 N–H and O–H groups in total. The lowest BCUT2D eigenvalue weighted by atomic mass is 10.1. The Kier molecular flexibility index (Phi) is 5.01. The summed E-state index contributed by atoms with van der Waals surface area (Å²) in [5.74, 6) is 5.68. The van der Waals surface area contributed by atoms with Gasteiger partial charge in [-0.05, 0) is 43.9 Å². The summed E-state index contributed by atoms with van der Waals surface area (Å²) in [7, 11) is 0. The van der Waals surface area contributed by atoms with Crippen molar-refractivity contribution >= 4 is 0 Å². The lowest BCUT2D eigenvalue weighted by Crippen LogP contribution is -2.33. The van der Waals surface area contributed by atoms with Crippen molar-refractivity contribution in [2.75, 3.05) is 6.61 Å². The lowest BCUT2D eigenvalue weighted by Gasteiger charge is -2.27. The monoisotopic (exact) mass is 257 g/mol. The van der Waals surface area contributed by atoms with Crippen molar-refractivity contribution in [3.05, 3.63) is 35.4 Å². The third-order valence-corrected chi connectivity index (χ3v) is 4.03. The molecule has 19 heavy (non-hydrogen) atoms. The van der Waals surface area contributed by atoms with Crippen LogP contribution in [0.4, 0.5) is 0 Å². The topological polar surface area (TPSA) is 23.5 Å². The first kappa shape index (κ1) is 14.1. The number of nitrogens with zero attached hydrogens (tertiary/aromatic N) is 1. The van der Waals surface area contributed by atoms with Crippen molar-refractivity contribution in [3.63, 3.8) is 0 Å². The van der Waals surface area contributed by atoms with Gasteiger partial charge in [0.15, 0.2) is 0 Å². The highest BCUT2D eigenvalue weighted by Gasteiger charge is 2.28. The molecule has 0 radical (unpaired) electrons. The second-order valence-corrected chi connectivity index (χ2v) is 5.32. The van der Waals surface area contributed by atoms with Crippen molar-refractivity contribution in [3.8, 4) is 11.8 Å². The molecule has 1 aromatic rings. The fourth-order valence-corrected chi connectivity index (χ4v) is 2.95. The molecule has 1 aromatic carbocycles. The number of hydrogen-bond donors (Lipinski definition) is 1. The fraction of sp³-hybridized carbons (Fsp3) is 0.529. The third kappa shape index (κ3) is 3.59. The minimum Gasteiger partial charge on any atom is -0.384 e. The van der Waals surface area contributed by atoms with E-state index >= 15 is 0 Å². The largest absolute Gasteiger partial charge is 0.384 e. The molecular weight excluding hydrogens is 234 g/mol. The van der Waals surface area contributed by atoms with Crippen molar-refractivity contribution in [1.82, 2.24) is 4.90 Å². The summed E-state index contributed by atoms with van der Waals surface area (Å²) >= 11 is 0. The Hall–Kier alpha value is -1.30. The molecule has 2 atom stereocenters. The SMILES string of the molecule is CCC1CCC(C)N1Cc1cccc(C#CCO)c1. The summed E-state index contributed by atoms with van der Waals surface area (Å²) in [5.41, 5.74) is 2.31. The van der Waals surface area contributed by atoms with Crippen LogP contribution in [0.25, 0.3) is 0 Å². The molecule has 2 unspecified atom stereocenters. The first-order valence-corrected chi connectivity index (χ1v) is 7.19. The zero-order valence-corrected chi connectivity index (χ0v) is 11.9. The molecule has 1 aliphatic rings. The second-order valence-electron chi connectivity index (χ2n) is 5.32. The number of aliphatic hydroxyl groups excluding tert-OH is 1. The highest BCUT2D eigenvalue weighted by molar-refractivity contribution is 5.37. The van der Waals surface area contributed by atoms with Crippen LogP contribution >= 0.6 is 0 Å². The van der Waals surface area contributed by atoms with E-state index in [-0.39, 0.29) is 6.61 Å². The summed E-state index contributed by atoms with van der Waals surface area (Å²) in [6.45, 7) is 5.53. The van der Waals surface area contributed by atoms with Crippen LogP contribution in [-0.4, -0.2) is 28.7 Å². The van der Waals surface area contributed by atoms with Gasteiger partial charge in [-0.25, -0.2) is 0 Å². The predicted molar refractivity (Wildman–Crippen MR) is 78.7 cm³/mol. The Morgan fingerprint density at radius 2 is 2.21 bits per heavy atom. The molecule has 0 spiro atoms. The summed E-state index contributed by atoms with van der Waals surface area (Å²) in [6, 6.07) is 9.76. The lowest BCUT2D eigenvalue weighted by molar-refractivity contribution is 0.189. The Morgan fingerprint density at radius 1 is 1.37 bits per heavy atom. The maximum atomic E-state index is 8.75. The van der Waals surface area contributed by atoms with E-state index in [0.29, 0.717) is 6.04 Å². The minimum absolute atomic E-state index is 0.0781. The van der Waals surface area contributed by atoms with E-state index in [1.807, 2.05) is 6.07 Å². The molecular formula is C17H23NO. The molecule has 1 fully saturated rings. The molecule has 0 saturated carbocycles. The number of benzene rings is 1. The highest BCUT2D eigenvalue weighted by Crippen LogP contribution is 2.27. The van der Waals surface area contributed by atoms with Gasteiger partial charge in [0, 0.05) is 24.2 Å². The van der Waals surface area contributed by atoms with E-state index in [0.717, 1.165) is 18.2 Å². The van der Waals surface area contributed by atoms with Crippen LogP contribution in [-0.2, 0) is 6.54 Å². The van der Waals surface area contributed by atoms with E-state index < -0.39 is 0 Å².